The van der Waals surface area contributed by atoms with E-state index in [0.717, 1.165) is 22.9 Å². The van der Waals surface area contributed by atoms with Gasteiger partial charge in [-0.15, -0.1) is 0 Å². The summed E-state index contributed by atoms with van der Waals surface area (Å²) in [6.45, 7) is 3.98. The van der Waals surface area contributed by atoms with E-state index < -0.39 is 5.60 Å². The molecule has 0 aliphatic heterocycles. The quantitative estimate of drug-likeness (QED) is 0.858. The van der Waals surface area contributed by atoms with Gasteiger partial charge in [0.05, 0.1) is 5.60 Å². The Hall–Kier alpha value is -0.340. The van der Waals surface area contributed by atoms with Crippen LogP contribution in [0.3, 0.4) is 0 Å². The predicted octanol–water partition coefficient (Wildman–Crippen LogP) is 3.38. The molecule has 1 fully saturated rings. The first kappa shape index (κ1) is 10.2. The Bertz CT molecular complexity index is 353. The van der Waals surface area contributed by atoms with Gasteiger partial charge in [-0.3, -0.25) is 0 Å². The summed E-state index contributed by atoms with van der Waals surface area (Å²) in [7, 11) is 0. The first-order valence-corrected chi connectivity index (χ1v) is 5.80. The van der Waals surface area contributed by atoms with Crippen LogP contribution in [0.15, 0.2) is 22.7 Å². The number of hydrogen-bond acceptors (Lipinski definition) is 1. The van der Waals surface area contributed by atoms with E-state index in [-0.39, 0.29) is 0 Å². The molecule has 0 amide bonds. The van der Waals surface area contributed by atoms with E-state index >= 15 is 0 Å². The fourth-order valence-electron chi connectivity index (χ4n) is 1.84. The standard InChI is InChI=1S/C12H15BrO/c1-8-7-10(5-6-11(8)13)12(2,14)9-3-4-9/h5-7,9,14H,3-4H2,1-2H3. The van der Waals surface area contributed by atoms with Gasteiger partial charge < -0.3 is 5.11 Å². The molecule has 1 nitrogen and oxygen atoms in total. The van der Waals surface area contributed by atoms with E-state index in [1.165, 1.54) is 5.56 Å². The molecule has 2 heteroatoms. The average Bonchev–Trinajstić information content (AvgIpc) is 2.92. The molecule has 0 bridgehead atoms. The first-order valence-electron chi connectivity index (χ1n) is 5.01. The van der Waals surface area contributed by atoms with E-state index in [0.29, 0.717) is 5.92 Å². The largest absolute Gasteiger partial charge is 0.385 e. The van der Waals surface area contributed by atoms with Crippen molar-refractivity contribution in [3.05, 3.63) is 33.8 Å². The summed E-state index contributed by atoms with van der Waals surface area (Å²) < 4.78 is 1.10. The molecule has 1 saturated carbocycles. The normalized spacial score (nSPS) is 20.6. The number of hydrogen-bond donors (Lipinski definition) is 1. The van der Waals surface area contributed by atoms with Crippen LogP contribution in [-0.2, 0) is 5.60 Å². The SMILES string of the molecule is Cc1cc(C(C)(O)C2CC2)ccc1Br. The van der Waals surface area contributed by atoms with Crippen LogP contribution < -0.4 is 0 Å². The van der Waals surface area contributed by atoms with Gasteiger partial charge in [-0.05, 0) is 49.8 Å². The molecule has 0 saturated heterocycles. The van der Waals surface area contributed by atoms with Crippen molar-refractivity contribution in [3.63, 3.8) is 0 Å². The van der Waals surface area contributed by atoms with Crippen molar-refractivity contribution in [2.75, 3.05) is 0 Å². The lowest BCUT2D eigenvalue weighted by Crippen LogP contribution is -2.23. The number of halogens is 1. The van der Waals surface area contributed by atoms with Crippen LogP contribution in [-0.4, -0.2) is 5.11 Å². The van der Waals surface area contributed by atoms with Crippen molar-refractivity contribution in [2.45, 2.75) is 32.3 Å². The van der Waals surface area contributed by atoms with Gasteiger partial charge in [-0.2, -0.15) is 0 Å². The van der Waals surface area contributed by atoms with Gasteiger partial charge in [0.25, 0.3) is 0 Å². The van der Waals surface area contributed by atoms with Gasteiger partial charge in [0.1, 0.15) is 0 Å². The molecule has 1 aromatic rings. The summed E-state index contributed by atoms with van der Waals surface area (Å²) in [5.74, 6) is 0.461. The summed E-state index contributed by atoms with van der Waals surface area (Å²) >= 11 is 3.47. The monoisotopic (exact) mass is 254 g/mol. The van der Waals surface area contributed by atoms with Crippen LogP contribution >= 0.6 is 15.9 Å². The lowest BCUT2D eigenvalue weighted by Gasteiger charge is -2.24. The van der Waals surface area contributed by atoms with Gasteiger partial charge in [-0.25, -0.2) is 0 Å². The maximum atomic E-state index is 10.3. The van der Waals surface area contributed by atoms with Crippen molar-refractivity contribution in [3.8, 4) is 0 Å². The third kappa shape index (κ3) is 1.73. The Morgan fingerprint density at radius 2 is 2.07 bits per heavy atom. The van der Waals surface area contributed by atoms with Gasteiger partial charge in [0.2, 0.25) is 0 Å². The minimum Gasteiger partial charge on any atom is -0.385 e. The van der Waals surface area contributed by atoms with Crippen LogP contribution in [0.4, 0.5) is 0 Å². The third-order valence-corrected chi connectivity index (χ3v) is 4.00. The molecule has 1 N–H and O–H groups in total. The fourth-order valence-corrected chi connectivity index (χ4v) is 2.09. The highest BCUT2D eigenvalue weighted by Crippen LogP contribution is 2.45. The van der Waals surface area contributed by atoms with Crippen molar-refractivity contribution < 1.29 is 5.11 Å². The zero-order valence-electron chi connectivity index (χ0n) is 8.55. The zero-order chi connectivity index (χ0) is 10.3. The molecule has 1 aliphatic rings. The highest BCUT2D eigenvalue weighted by molar-refractivity contribution is 9.10. The van der Waals surface area contributed by atoms with Crippen LogP contribution in [0.5, 0.6) is 0 Å². The molecule has 0 spiro atoms. The third-order valence-electron chi connectivity index (χ3n) is 3.11. The van der Waals surface area contributed by atoms with E-state index in [1.54, 1.807) is 0 Å². The summed E-state index contributed by atoms with van der Waals surface area (Å²) in [4.78, 5) is 0. The minimum absolute atomic E-state index is 0.461. The number of aliphatic hydroxyl groups is 1. The molecular weight excluding hydrogens is 240 g/mol. The van der Waals surface area contributed by atoms with E-state index in [2.05, 4.69) is 28.9 Å². The fraction of sp³-hybridized carbons (Fsp3) is 0.500. The summed E-state index contributed by atoms with van der Waals surface area (Å²) in [5.41, 5.74) is 1.59. The molecule has 0 aromatic heterocycles. The lowest BCUT2D eigenvalue weighted by molar-refractivity contribution is 0.0330. The van der Waals surface area contributed by atoms with Crippen molar-refractivity contribution in [2.24, 2.45) is 5.92 Å². The minimum atomic E-state index is -0.633. The number of aryl methyl sites for hydroxylation is 1. The van der Waals surface area contributed by atoms with E-state index in [9.17, 15) is 5.11 Å². The Balaban J connectivity index is 2.36. The summed E-state index contributed by atoms with van der Waals surface area (Å²) in [6.07, 6.45) is 2.31. The second-order valence-corrected chi connectivity index (χ2v) is 5.24. The topological polar surface area (TPSA) is 20.2 Å². The van der Waals surface area contributed by atoms with Crippen LogP contribution in [0.1, 0.15) is 30.9 Å². The zero-order valence-corrected chi connectivity index (χ0v) is 10.1. The average molecular weight is 255 g/mol. The van der Waals surface area contributed by atoms with Crippen LogP contribution in [0.25, 0.3) is 0 Å². The molecule has 0 radical (unpaired) electrons. The molecule has 1 atom stereocenters. The molecule has 76 valence electrons. The van der Waals surface area contributed by atoms with Crippen LogP contribution in [0, 0.1) is 12.8 Å². The summed E-state index contributed by atoms with van der Waals surface area (Å²) in [6, 6.07) is 6.10. The molecule has 1 unspecified atom stereocenters. The Kier molecular flexibility index (Phi) is 2.44. The van der Waals surface area contributed by atoms with Crippen molar-refractivity contribution in [1.82, 2.24) is 0 Å². The maximum Gasteiger partial charge on any atom is 0.0896 e. The first-order chi connectivity index (χ1) is 6.51. The lowest BCUT2D eigenvalue weighted by atomic mass is 9.90. The highest BCUT2D eigenvalue weighted by Gasteiger charge is 2.41. The Labute approximate surface area is 93.3 Å². The second kappa shape index (κ2) is 3.35. The smallest absolute Gasteiger partial charge is 0.0896 e. The molecule has 0 heterocycles. The molecule has 1 aliphatic carbocycles. The van der Waals surface area contributed by atoms with Crippen LogP contribution in [0.2, 0.25) is 0 Å². The number of rotatable bonds is 2. The highest BCUT2D eigenvalue weighted by atomic mass is 79.9. The Morgan fingerprint density at radius 1 is 1.43 bits per heavy atom. The molecule has 1 aromatic carbocycles. The van der Waals surface area contributed by atoms with Gasteiger partial charge in [0.15, 0.2) is 0 Å². The summed E-state index contributed by atoms with van der Waals surface area (Å²) in [5, 5.41) is 10.3. The van der Waals surface area contributed by atoms with Crippen molar-refractivity contribution >= 4 is 15.9 Å². The van der Waals surface area contributed by atoms with Gasteiger partial charge in [-0.1, -0.05) is 28.1 Å². The Morgan fingerprint density at radius 3 is 2.57 bits per heavy atom. The van der Waals surface area contributed by atoms with Gasteiger partial charge >= 0.3 is 0 Å². The van der Waals surface area contributed by atoms with E-state index in [1.807, 2.05) is 19.1 Å². The maximum absolute atomic E-state index is 10.3. The van der Waals surface area contributed by atoms with E-state index in [4.69, 9.17) is 0 Å². The second-order valence-electron chi connectivity index (χ2n) is 4.39. The molecule has 2 rings (SSSR count). The number of benzene rings is 1. The van der Waals surface area contributed by atoms with Crippen molar-refractivity contribution in [1.29, 1.82) is 0 Å². The molecular formula is C12H15BrO. The van der Waals surface area contributed by atoms with Gasteiger partial charge in [0, 0.05) is 4.47 Å². The predicted molar refractivity (Wildman–Crippen MR) is 61.2 cm³/mol. The molecule has 14 heavy (non-hydrogen) atoms.